The number of piperazine rings is 1. The first-order valence-corrected chi connectivity index (χ1v) is 14.0. The van der Waals surface area contributed by atoms with E-state index in [2.05, 4.69) is 32.3 Å². The van der Waals surface area contributed by atoms with Crippen LogP contribution in [0.4, 0.5) is 20.5 Å². The Labute approximate surface area is 230 Å². The van der Waals surface area contributed by atoms with Gasteiger partial charge < -0.3 is 20.7 Å². The molecule has 212 valence electrons. The molecule has 2 bridgehead atoms. The lowest BCUT2D eigenvalue weighted by Gasteiger charge is -2.36. The molecule has 0 unspecified atom stereocenters. The van der Waals surface area contributed by atoms with Crippen molar-refractivity contribution in [3.05, 3.63) is 35.0 Å². The average molecular weight is 553 g/mol. The van der Waals surface area contributed by atoms with Crippen LogP contribution in [0.15, 0.2) is 18.2 Å². The Morgan fingerprint density at radius 2 is 2.02 bits per heavy atom. The third-order valence-corrected chi connectivity index (χ3v) is 9.36. The lowest BCUT2D eigenvalue weighted by Crippen LogP contribution is -2.47. The van der Waals surface area contributed by atoms with Crippen molar-refractivity contribution in [2.75, 3.05) is 37.7 Å². The van der Waals surface area contributed by atoms with E-state index in [-0.39, 0.29) is 30.2 Å². The van der Waals surface area contributed by atoms with Crippen molar-refractivity contribution in [2.45, 2.75) is 64.3 Å². The molecule has 3 N–H and O–H groups in total. The molecule has 1 amide bonds. The summed E-state index contributed by atoms with van der Waals surface area (Å²) in [6.45, 7) is 1.18. The molecule has 2 aromatic heterocycles. The number of nitrogens with one attached hydrogen (secondary N) is 1. The second-order valence-electron chi connectivity index (χ2n) is 12.2. The van der Waals surface area contributed by atoms with Crippen molar-refractivity contribution in [1.82, 2.24) is 29.5 Å². The summed E-state index contributed by atoms with van der Waals surface area (Å²) >= 11 is 0. The largest absolute Gasteiger partial charge is 0.434 e. The highest BCUT2D eigenvalue weighted by molar-refractivity contribution is 5.95. The van der Waals surface area contributed by atoms with E-state index >= 15 is 0 Å². The Balaban J connectivity index is 1.17. The van der Waals surface area contributed by atoms with Crippen molar-refractivity contribution in [3.63, 3.8) is 0 Å². The Morgan fingerprint density at radius 3 is 2.70 bits per heavy atom. The van der Waals surface area contributed by atoms with Gasteiger partial charge in [-0.15, -0.1) is 0 Å². The first-order chi connectivity index (χ1) is 19.2. The first-order valence-electron chi connectivity index (χ1n) is 14.0. The number of hydrogen-bond donors (Lipinski definition) is 2. The topological polar surface area (TPSA) is 114 Å². The summed E-state index contributed by atoms with van der Waals surface area (Å²) < 4.78 is 33.6. The number of ether oxygens (including phenoxy) is 1. The summed E-state index contributed by atoms with van der Waals surface area (Å²) in [5.41, 5.74) is 9.36. The van der Waals surface area contributed by atoms with Crippen molar-refractivity contribution >= 4 is 28.7 Å². The molecule has 2 aliphatic carbocycles. The van der Waals surface area contributed by atoms with Gasteiger partial charge in [-0.05, 0) is 69.5 Å². The van der Waals surface area contributed by atoms with E-state index in [1.54, 1.807) is 16.8 Å². The lowest BCUT2D eigenvalue weighted by atomic mass is 9.72. The van der Waals surface area contributed by atoms with E-state index in [1.165, 1.54) is 31.7 Å². The van der Waals surface area contributed by atoms with Crippen molar-refractivity contribution < 1.29 is 18.3 Å². The van der Waals surface area contributed by atoms with Crippen LogP contribution in [-0.2, 0) is 6.54 Å². The van der Waals surface area contributed by atoms with E-state index in [0.29, 0.717) is 57.6 Å². The van der Waals surface area contributed by atoms with Gasteiger partial charge in [0.2, 0.25) is 5.95 Å². The van der Waals surface area contributed by atoms with Crippen LogP contribution >= 0.6 is 0 Å². The number of aryl methyl sites for hydroxylation is 1. The molecule has 3 aromatic rings. The van der Waals surface area contributed by atoms with E-state index in [9.17, 15) is 13.6 Å². The molecule has 2 saturated carbocycles. The fraction of sp³-hybridized carbons (Fsp3) is 0.571. The number of carbonyl (C=O) groups is 1. The van der Waals surface area contributed by atoms with Crippen LogP contribution in [0.3, 0.4) is 0 Å². The summed E-state index contributed by atoms with van der Waals surface area (Å²) in [6, 6.07) is 5.27. The van der Waals surface area contributed by atoms with Crippen molar-refractivity contribution in [1.29, 1.82) is 0 Å². The van der Waals surface area contributed by atoms with Gasteiger partial charge in [0.15, 0.2) is 5.82 Å². The van der Waals surface area contributed by atoms with Gasteiger partial charge in [0.05, 0.1) is 12.2 Å². The molecule has 40 heavy (non-hydrogen) atoms. The number of aromatic nitrogens is 4. The van der Waals surface area contributed by atoms with Crippen LogP contribution in [0, 0.1) is 18.3 Å². The SMILES string of the molecule is Cc1nn(Cc2ccc(C(=O)N3C[C@H]4C[C@@H]3CN4C)cc2OC(F)F)c2c(NCC3CC4(CC4)C3)nc(N)nc12. The number of nitrogens with two attached hydrogens (primary N) is 1. The minimum absolute atomic E-state index is 0.0429. The standard InChI is InChI=1S/C28H34F2N8O2/c1-15-22-23(24(34-27(31)33-22)32-11-16-9-28(10-16)5-6-28)38(35-15)12-18-4-3-17(7-21(18)40-26(29)30)25(39)37-14-19-8-20(37)13-36(19)2/h3-4,7,16,19-20,26H,5-6,8-14H2,1-2H3,(H3,31,32,33,34)/t19-,20-/m1/s1. The van der Waals surface area contributed by atoms with Gasteiger partial charge in [0, 0.05) is 42.8 Å². The number of nitrogen functional groups attached to an aromatic ring is 1. The summed E-state index contributed by atoms with van der Waals surface area (Å²) in [7, 11) is 2.06. The fourth-order valence-corrected chi connectivity index (χ4v) is 7.09. The molecule has 0 radical (unpaired) electrons. The van der Waals surface area contributed by atoms with Gasteiger partial charge in [-0.2, -0.15) is 18.9 Å². The van der Waals surface area contributed by atoms with Gasteiger partial charge in [0.1, 0.15) is 16.8 Å². The molecule has 7 rings (SSSR count). The predicted octanol–water partition coefficient (Wildman–Crippen LogP) is 3.50. The zero-order valence-electron chi connectivity index (χ0n) is 22.7. The highest BCUT2D eigenvalue weighted by atomic mass is 19.3. The summed E-state index contributed by atoms with van der Waals surface area (Å²) in [5.74, 6) is 1.12. The minimum Gasteiger partial charge on any atom is -0.434 e. The number of benzene rings is 1. The van der Waals surface area contributed by atoms with Gasteiger partial charge in [-0.25, -0.2) is 4.98 Å². The maximum atomic E-state index is 13.5. The first kappa shape index (κ1) is 25.4. The number of amides is 1. The smallest absolute Gasteiger partial charge is 0.387 e. The fourth-order valence-electron chi connectivity index (χ4n) is 7.09. The number of fused-ring (bicyclic) bond motifs is 3. The number of anilines is 2. The molecule has 10 nitrogen and oxygen atoms in total. The third-order valence-electron chi connectivity index (χ3n) is 9.36. The maximum Gasteiger partial charge on any atom is 0.387 e. The molecule has 1 aromatic carbocycles. The monoisotopic (exact) mass is 552 g/mol. The normalized spacial score (nSPS) is 23.4. The van der Waals surface area contributed by atoms with Crippen LogP contribution < -0.4 is 15.8 Å². The van der Waals surface area contributed by atoms with Gasteiger partial charge >= 0.3 is 6.61 Å². The van der Waals surface area contributed by atoms with Crippen LogP contribution in [0.2, 0.25) is 0 Å². The summed E-state index contributed by atoms with van der Waals surface area (Å²) in [6.07, 6.45) is 6.08. The second-order valence-corrected chi connectivity index (χ2v) is 12.2. The number of alkyl halides is 2. The number of rotatable bonds is 8. The number of likely N-dealkylation sites (N-methyl/N-ethyl adjacent to an activating group) is 1. The molecule has 4 fully saturated rings. The third kappa shape index (κ3) is 4.42. The zero-order chi connectivity index (χ0) is 27.8. The van der Waals surface area contributed by atoms with Gasteiger partial charge in [0.25, 0.3) is 5.91 Å². The van der Waals surface area contributed by atoms with Crippen molar-refractivity contribution in [2.24, 2.45) is 11.3 Å². The Bertz CT molecular complexity index is 1480. The quantitative estimate of drug-likeness (QED) is 0.437. The molecule has 1 spiro atoms. The van der Waals surface area contributed by atoms with Crippen LogP contribution in [0.25, 0.3) is 11.0 Å². The van der Waals surface area contributed by atoms with Crippen LogP contribution in [0.5, 0.6) is 5.75 Å². The Hall–Kier alpha value is -3.54. The molecular weight excluding hydrogens is 518 g/mol. The van der Waals surface area contributed by atoms with Crippen LogP contribution in [-0.4, -0.2) is 80.8 Å². The molecule has 2 aliphatic heterocycles. The molecule has 12 heteroatoms. The highest BCUT2D eigenvalue weighted by Gasteiger charge is 2.52. The van der Waals surface area contributed by atoms with Gasteiger partial charge in [-0.1, -0.05) is 6.07 Å². The molecule has 4 heterocycles. The Morgan fingerprint density at radius 1 is 1.23 bits per heavy atom. The van der Waals surface area contributed by atoms with Crippen molar-refractivity contribution in [3.8, 4) is 5.75 Å². The lowest BCUT2D eigenvalue weighted by molar-refractivity contribution is -0.0505. The van der Waals surface area contributed by atoms with Crippen LogP contribution in [0.1, 0.15) is 53.7 Å². The Kier molecular flexibility index (Phi) is 5.88. The molecular formula is C28H34F2N8O2. The van der Waals surface area contributed by atoms with E-state index in [0.717, 1.165) is 19.5 Å². The maximum absolute atomic E-state index is 13.5. The number of likely N-dealkylation sites (tertiary alicyclic amines) is 2. The number of nitrogens with zero attached hydrogens (tertiary/aromatic N) is 6. The highest BCUT2D eigenvalue weighted by Crippen LogP contribution is 2.63. The molecule has 2 atom stereocenters. The molecule has 2 saturated heterocycles. The zero-order valence-corrected chi connectivity index (χ0v) is 22.7. The number of halogens is 2. The van der Waals surface area contributed by atoms with E-state index in [1.807, 2.05) is 11.8 Å². The minimum atomic E-state index is -3.03. The average Bonchev–Trinajstić information content (AvgIpc) is 3.32. The second kappa shape index (κ2) is 9.25. The van der Waals surface area contributed by atoms with E-state index < -0.39 is 6.61 Å². The van der Waals surface area contributed by atoms with E-state index in [4.69, 9.17) is 10.5 Å². The van der Waals surface area contributed by atoms with Gasteiger partial charge in [-0.3, -0.25) is 14.4 Å². The summed E-state index contributed by atoms with van der Waals surface area (Å²) in [4.78, 5) is 26.3. The number of hydrogen-bond acceptors (Lipinski definition) is 8. The molecule has 4 aliphatic rings. The predicted molar refractivity (Wildman–Crippen MR) is 145 cm³/mol. The summed E-state index contributed by atoms with van der Waals surface area (Å²) in [5, 5.41) is 8.11. The number of carbonyl (C=O) groups excluding carboxylic acids is 1.